The Morgan fingerprint density at radius 3 is 2.48 bits per heavy atom. The summed E-state index contributed by atoms with van der Waals surface area (Å²) in [5, 5.41) is 16.4. The first-order valence-electron chi connectivity index (χ1n) is 6.84. The number of amides is 3. The largest absolute Gasteiger partial charge is 0.338 e. The number of thioether (sulfide) groups is 1. The van der Waals surface area contributed by atoms with Gasteiger partial charge in [0, 0.05) is 6.54 Å². The number of rotatable bonds is 6. The van der Waals surface area contributed by atoms with Crippen molar-refractivity contribution in [3.05, 3.63) is 0 Å². The molecule has 0 aliphatic rings. The molecular weight excluding hydrogens is 292 g/mol. The van der Waals surface area contributed by atoms with E-state index in [1.807, 2.05) is 27.7 Å². The Morgan fingerprint density at radius 1 is 1.24 bits per heavy atom. The summed E-state index contributed by atoms with van der Waals surface area (Å²) in [5.74, 6) is -0.0483. The number of tetrazole rings is 1. The van der Waals surface area contributed by atoms with E-state index in [1.165, 1.54) is 11.8 Å². The topological polar surface area (TPSA) is 102 Å². The van der Waals surface area contributed by atoms with E-state index in [9.17, 15) is 9.59 Å². The van der Waals surface area contributed by atoms with Crippen LogP contribution in [0.3, 0.4) is 0 Å². The third kappa shape index (κ3) is 5.70. The zero-order valence-corrected chi connectivity index (χ0v) is 13.8. The van der Waals surface area contributed by atoms with Crippen molar-refractivity contribution < 1.29 is 9.59 Å². The van der Waals surface area contributed by atoms with E-state index in [-0.39, 0.29) is 11.9 Å². The summed E-state index contributed by atoms with van der Waals surface area (Å²) in [6, 6.07) is -0.378. The number of nitrogens with zero attached hydrogens (tertiary/aromatic N) is 4. The molecule has 8 nitrogen and oxygen atoms in total. The standard InChI is InChI=1S/C12H22N6O2S/c1-7(2)6-13-11(20)14-10(19)9(5)21-12-15-16-17-18(12)8(3)4/h7-9H,6H2,1-5H3,(H2,13,14,19,20). The fraction of sp³-hybridized carbons (Fsp3) is 0.750. The zero-order chi connectivity index (χ0) is 16.0. The Balaban J connectivity index is 2.51. The zero-order valence-electron chi connectivity index (χ0n) is 13.0. The molecule has 0 bridgehead atoms. The first kappa shape index (κ1) is 17.4. The molecule has 1 atom stereocenters. The molecule has 3 amide bonds. The van der Waals surface area contributed by atoms with Gasteiger partial charge in [0.15, 0.2) is 0 Å². The highest BCUT2D eigenvalue weighted by molar-refractivity contribution is 8.00. The van der Waals surface area contributed by atoms with E-state index in [2.05, 4.69) is 26.2 Å². The summed E-state index contributed by atoms with van der Waals surface area (Å²) in [5.41, 5.74) is 0. The van der Waals surface area contributed by atoms with E-state index < -0.39 is 11.3 Å². The molecule has 1 aromatic rings. The minimum atomic E-state index is -0.482. The highest BCUT2D eigenvalue weighted by Gasteiger charge is 2.21. The summed E-state index contributed by atoms with van der Waals surface area (Å²) >= 11 is 1.21. The molecule has 0 aliphatic carbocycles. The third-order valence-corrected chi connectivity index (χ3v) is 3.56. The fourth-order valence-electron chi connectivity index (χ4n) is 1.35. The first-order chi connectivity index (χ1) is 9.81. The smallest absolute Gasteiger partial charge is 0.321 e. The number of urea groups is 1. The van der Waals surface area contributed by atoms with Gasteiger partial charge in [0.2, 0.25) is 11.1 Å². The van der Waals surface area contributed by atoms with Gasteiger partial charge in [0.05, 0.1) is 11.3 Å². The molecule has 1 unspecified atom stereocenters. The van der Waals surface area contributed by atoms with Crippen LogP contribution in [-0.4, -0.2) is 43.9 Å². The highest BCUT2D eigenvalue weighted by Crippen LogP contribution is 2.22. The second-order valence-corrected chi connectivity index (χ2v) is 6.66. The average Bonchev–Trinajstić information content (AvgIpc) is 2.84. The van der Waals surface area contributed by atoms with E-state index in [4.69, 9.17) is 0 Å². The van der Waals surface area contributed by atoms with Crippen LogP contribution in [0.15, 0.2) is 5.16 Å². The minimum absolute atomic E-state index is 0.104. The van der Waals surface area contributed by atoms with Gasteiger partial charge in [-0.05, 0) is 37.1 Å². The molecule has 1 aromatic heterocycles. The number of carbonyl (C=O) groups excluding carboxylic acids is 2. The molecule has 1 rings (SSSR count). The van der Waals surface area contributed by atoms with Gasteiger partial charge < -0.3 is 5.32 Å². The van der Waals surface area contributed by atoms with Gasteiger partial charge in [-0.25, -0.2) is 9.48 Å². The first-order valence-corrected chi connectivity index (χ1v) is 7.72. The van der Waals surface area contributed by atoms with Gasteiger partial charge >= 0.3 is 6.03 Å². The molecular formula is C12H22N6O2S. The molecule has 0 aliphatic heterocycles. The number of hydrogen-bond acceptors (Lipinski definition) is 6. The van der Waals surface area contributed by atoms with Gasteiger partial charge in [-0.3, -0.25) is 10.1 Å². The molecule has 0 fully saturated rings. The maximum atomic E-state index is 11.9. The quantitative estimate of drug-likeness (QED) is 0.765. The van der Waals surface area contributed by atoms with E-state index in [0.717, 1.165) is 0 Å². The normalized spacial score (nSPS) is 12.5. The summed E-state index contributed by atoms with van der Waals surface area (Å²) < 4.78 is 1.63. The van der Waals surface area contributed by atoms with Crippen LogP contribution in [0.4, 0.5) is 4.79 Å². The maximum absolute atomic E-state index is 11.9. The van der Waals surface area contributed by atoms with Crippen molar-refractivity contribution in [1.82, 2.24) is 30.8 Å². The molecule has 0 saturated heterocycles. The van der Waals surface area contributed by atoms with Crippen LogP contribution in [0.2, 0.25) is 0 Å². The predicted octanol–water partition coefficient (Wildman–Crippen LogP) is 1.22. The van der Waals surface area contributed by atoms with Crippen LogP contribution in [0.1, 0.15) is 40.7 Å². The summed E-state index contributed by atoms with van der Waals surface area (Å²) in [4.78, 5) is 23.5. The molecule has 9 heteroatoms. The number of imide groups is 1. The lowest BCUT2D eigenvalue weighted by Gasteiger charge is -2.13. The minimum Gasteiger partial charge on any atom is -0.338 e. The van der Waals surface area contributed by atoms with Crippen LogP contribution < -0.4 is 10.6 Å². The molecule has 0 saturated carbocycles. The van der Waals surface area contributed by atoms with Crippen molar-refractivity contribution in [2.75, 3.05) is 6.54 Å². The molecule has 0 aromatic carbocycles. The van der Waals surface area contributed by atoms with Crippen LogP contribution in [0.25, 0.3) is 0 Å². The monoisotopic (exact) mass is 314 g/mol. The maximum Gasteiger partial charge on any atom is 0.321 e. The number of nitrogens with one attached hydrogen (secondary N) is 2. The SMILES string of the molecule is CC(C)CNC(=O)NC(=O)C(C)Sc1nnnn1C(C)C. The van der Waals surface area contributed by atoms with E-state index in [0.29, 0.717) is 17.6 Å². The summed E-state index contributed by atoms with van der Waals surface area (Å²) in [7, 11) is 0. The van der Waals surface area contributed by atoms with Gasteiger partial charge in [-0.1, -0.05) is 25.6 Å². The Bertz CT molecular complexity index is 488. The van der Waals surface area contributed by atoms with Gasteiger partial charge in [-0.15, -0.1) is 5.10 Å². The van der Waals surface area contributed by atoms with E-state index >= 15 is 0 Å². The molecule has 2 N–H and O–H groups in total. The van der Waals surface area contributed by atoms with Crippen LogP contribution in [-0.2, 0) is 4.79 Å². The molecule has 0 radical (unpaired) electrons. The van der Waals surface area contributed by atoms with Crippen molar-refractivity contribution in [1.29, 1.82) is 0 Å². The molecule has 118 valence electrons. The van der Waals surface area contributed by atoms with Crippen molar-refractivity contribution in [2.24, 2.45) is 5.92 Å². The Morgan fingerprint density at radius 2 is 1.90 bits per heavy atom. The van der Waals surface area contributed by atoms with Crippen molar-refractivity contribution in [3.63, 3.8) is 0 Å². The predicted molar refractivity (Wildman–Crippen MR) is 79.9 cm³/mol. The Kier molecular flexibility index (Phi) is 6.60. The fourth-order valence-corrected chi connectivity index (χ4v) is 2.27. The lowest BCUT2D eigenvalue weighted by atomic mass is 10.2. The number of carbonyl (C=O) groups is 2. The van der Waals surface area contributed by atoms with Crippen LogP contribution >= 0.6 is 11.8 Å². The summed E-state index contributed by atoms with van der Waals surface area (Å²) in [6.45, 7) is 10.1. The Labute approximate surface area is 128 Å². The van der Waals surface area contributed by atoms with E-state index in [1.54, 1.807) is 11.6 Å². The average molecular weight is 314 g/mol. The Hall–Kier alpha value is -1.64. The second kappa shape index (κ2) is 7.96. The van der Waals surface area contributed by atoms with Crippen molar-refractivity contribution >= 4 is 23.7 Å². The van der Waals surface area contributed by atoms with Crippen molar-refractivity contribution in [3.8, 4) is 0 Å². The highest BCUT2D eigenvalue weighted by atomic mass is 32.2. The van der Waals surface area contributed by atoms with Crippen LogP contribution in [0.5, 0.6) is 0 Å². The van der Waals surface area contributed by atoms with Crippen molar-refractivity contribution in [2.45, 2.75) is 51.1 Å². The lowest BCUT2D eigenvalue weighted by Crippen LogP contribution is -2.43. The third-order valence-electron chi connectivity index (χ3n) is 2.51. The van der Waals surface area contributed by atoms with Gasteiger partial charge in [0.25, 0.3) is 0 Å². The lowest BCUT2D eigenvalue weighted by molar-refractivity contribution is -0.119. The number of aromatic nitrogens is 4. The molecule has 1 heterocycles. The summed E-state index contributed by atoms with van der Waals surface area (Å²) in [6.07, 6.45) is 0. The van der Waals surface area contributed by atoms with Crippen LogP contribution in [0, 0.1) is 5.92 Å². The number of hydrogen-bond donors (Lipinski definition) is 2. The van der Waals surface area contributed by atoms with Gasteiger partial charge in [0.1, 0.15) is 0 Å². The van der Waals surface area contributed by atoms with Gasteiger partial charge in [-0.2, -0.15) is 0 Å². The second-order valence-electron chi connectivity index (χ2n) is 5.35. The molecule has 0 spiro atoms. The molecule has 21 heavy (non-hydrogen) atoms.